The van der Waals surface area contributed by atoms with Gasteiger partial charge < -0.3 is 10.2 Å². The fourth-order valence-corrected chi connectivity index (χ4v) is 3.51. The summed E-state index contributed by atoms with van der Waals surface area (Å²) in [7, 11) is 0. The Balaban J connectivity index is 1.26. The lowest BCUT2D eigenvalue weighted by Crippen LogP contribution is -2.46. The van der Waals surface area contributed by atoms with Gasteiger partial charge >= 0.3 is 0 Å². The molecule has 136 valence electrons. The number of para-hydroxylation sites is 1. The van der Waals surface area contributed by atoms with Crippen molar-refractivity contribution < 1.29 is 9.59 Å². The smallest absolute Gasteiger partial charge is 0.224 e. The molecule has 1 aromatic heterocycles. The van der Waals surface area contributed by atoms with Crippen molar-refractivity contribution in [3.8, 4) is 5.69 Å². The molecule has 1 saturated heterocycles. The first-order chi connectivity index (χ1) is 12.7. The molecule has 1 atom stereocenters. The van der Waals surface area contributed by atoms with Crippen LogP contribution in [0.5, 0.6) is 0 Å². The number of hydrogen-bond donors (Lipinski definition) is 1. The van der Waals surface area contributed by atoms with Crippen molar-refractivity contribution in [2.75, 3.05) is 13.1 Å². The van der Waals surface area contributed by atoms with Crippen LogP contribution < -0.4 is 5.32 Å². The molecular weight excluding hydrogens is 328 g/mol. The van der Waals surface area contributed by atoms with Crippen molar-refractivity contribution in [2.24, 2.45) is 5.92 Å². The summed E-state index contributed by atoms with van der Waals surface area (Å²) in [4.78, 5) is 26.3. The second-order valence-electron chi connectivity index (χ2n) is 7.18. The Bertz CT molecular complexity index is 782. The lowest BCUT2D eigenvalue weighted by Gasteiger charge is -2.32. The number of nitrogens with zero attached hydrogens (tertiary/aromatic N) is 3. The van der Waals surface area contributed by atoms with Crippen LogP contribution in [-0.4, -0.2) is 45.6 Å². The highest BCUT2D eigenvalue weighted by atomic mass is 16.2. The van der Waals surface area contributed by atoms with Gasteiger partial charge in [0.25, 0.3) is 0 Å². The summed E-state index contributed by atoms with van der Waals surface area (Å²) in [6.45, 7) is 1.18. The lowest BCUT2D eigenvalue weighted by atomic mass is 9.96. The largest absolute Gasteiger partial charge is 0.355 e. The average molecular weight is 352 g/mol. The minimum Gasteiger partial charge on any atom is -0.355 e. The first kappa shape index (κ1) is 16.8. The van der Waals surface area contributed by atoms with Gasteiger partial charge in [0.1, 0.15) is 0 Å². The van der Waals surface area contributed by atoms with E-state index in [1.54, 1.807) is 0 Å². The maximum atomic E-state index is 12.4. The van der Waals surface area contributed by atoms with Crippen molar-refractivity contribution >= 4 is 11.8 Å². The van der Waals surface area contributed by atoms with Crippen LogP contribution in [0.15, 0.2) is 42.7 Å². The molecule has 2 heterocycles. The van der Waals surface area contributed by atoms with E-state index in [0.29, 0.717) is 32.0 Å². The van der Waals surface area contributed by atoms with Gasteiger partial charge in [0.2, 0.25) is 11.8 Å². The Morgan fingerprint density at radius 2 is 2.00 bits per heavy atom. The van der Waals surface area contributed by atoms with Crippen molar-refractivity contribution in [3.05, 3.63) is 48.3 Å². The van der Waals surface area contributed by atoms with Crippen molar-refractivity contribution in [1.29, 1.82) is 0 Å². The van der Waals surface area contributed by atoms with E-state index in [4.69, 9.17) is 0 Å². The summed E-state index contributed by atoms with van der Waals surface area (Å²) in [5.74, 6) is 0.212. The van der Waals surface area contributed by atoms with Gasteiger partial charge in [-0.1, -0.05) is 18.2 Å². The zero-order valence-corrected chi connectivity index (χ0v) is 14.8. The molecule has 0 bridgehead atoms. The van der Waals surface area contributed by atoms with E-state index in [1.165, 1.54) is 0 Å². The molecule has 1 aromatic carbocycles. The van der Waals surface area contributed by atoms with Gasteiger partial charge in [-0.15, -0.1) is 0 Å². The third-order valence-electron chi connectivity index (χ3n) is 5.17. The molecule has 0 radical (unpaired) electrons. The molecule has 4 rings (SSSR count). The van der Waals surface area contributed by atoms with Crippen molar-refractivity contribution in [3.63, 3.8) is 0 Å². The summed E-state index contributed by atoms with van der Waals surface area (Å²) >= 11 is 0. The summed E-state index contributed by atoms with van der Waals surface area (Å²) in [5, 5.41) is 7.41. The number of carbonyl (C=O) groups is 2. The number of amides is 2. The zero-order valence-electron chi connectivity index (χ0n) is 14.8. The maximum Gasteiger partial charge on any atom is 0.224 e. The highest BCUT2D eigenvalue weighted by Gasteiger charge is 2.38. The molecule has 0 spiro atoms. The van der Waals surface area contributed by atoms with Gasteiger partial charge in [-0.3, -0.25) is 9.59 Å². The Kier molecular flexibility index (Phi) is 4.73. The second kappa shape index (κ2) is 7.32. The highest BCUT2D eigenvalue weighted by Crippen LogP contribution is 2.31. The van der Waals surface area contributed by atoms with E-state index in [2.05, 4.69) is 10.4 Å². The minimum absolute atomic E-state index is 0.0681. The molecule has 1 aliphatic carbocycles. The molecule has 2 aliphatic rings. The number of likely N-dealkylation sites (tertiary alicyclic amines) is 1. The molecule has 1 N–H and O–H groups in total. The van der Waals surface area contributed by atoms with E-state index >= 15 is 0 Å². The first-order valence-corrected chi connectivity index (χ1v) is 9.37. The molecule has 26 heavy (non-hydrogen) atoms. The molecule has 1 saturated carbocycles. The number of nitrogens with one attached hydrogen (secondary N) is 1. The Hall–Kier alpha value is -2.63. The normalized spacial score (nSPS) is 20.2. The van der Waals surface area contributed by atoms with E-state index in [-0.39, 0.29) is 17.7 Å². The predicted octanol–water partition coefficient (Wildman–Crippen LogP) is 1.93. The fourth-order valence-electron chi connectivity index (χ4n) is 3.51. The Morgan fingerprint density at radius 3 is 2.77 bits per heavy atom. The quantitative estimate of drug-likeness (QED) is 0.864. The van der Waals surface area contributed by atoms with Crippen LogP contribution >= 0.6 is 0 Å². The minimum atomic E-state index is -0.0691. The summed E-state index contributed by atoms with van der Waals surface area (Å²) < 4.78 is 1.84. The monoisotopic (exact) mass is 352 g/mol. The third-order valence-corrected chi connectivity index (χ3v) is 5.17. The molecule has 2 amide bonds. The van der Waals surface area contributed by atoms with Gasteiger partial charge in [0.15, 0.2) is 0 Å². The van der Waals surface area contributed by atoms with E-state index in [1.807, 2.05) is 52.3 Å². The molecule has 6 heteroatoms. The SMILES string of the molecule is O=C(NCCc1cnn(-c2ccccc2)c1)[C@@H]1CCC(=O)N(C2CC2)C1. The van der Waals surface area contributed by atoms with E-state index in [9.17, 15) is 9.59 Å². The summed E-state index contributed by atoms with van der Waals surface area (Å²) in [5.41, 5.74) is 2.11. The van der Waals surface area contributed by atoms with Crippen LogP contribution in [0.4, 0.5) is 0 Å². The molecule has 2 aromatic rings. The fraction of sp³-hybridized carbons (Fsp3) is 0.450. The number of piperidine rings is 1. The number of carbonyl (C=O) groups excluding carboxylic acids is 2. The van der Waals surface area contributed by atoms with Crippen LogP contribution in [0.1, 0.15) is 31.2 Å². The predicted molar refractivity (Wildman–Crippen MR) is 97.7 cm³/mol. The van der Waals surface area contributed by atoms with Crippen LogP contribution in [-0.2, 0) is 16.0 Å². The second-order valence-corrected chi connectivity index (χ2v) is 7.18. The van der Waals surface area contributed by atoms with Crippen molar-refractivity contribution in [1.82, 2.24) is 20.0 Å². The molecule has 0 unspecified atom stereocenters. The Labute approximate surface area is 153 Å². The number of aromatic nitrogens is 2. The van der Waals surface area contributed by atoms with Gasteiger partial charge in [0, 0.05) is 31.7 Å². The van der Waals surface area contributed by atoms with E-state index < -0.39 is 0 Å². The molecule has 2 fully saturated rings. The van der Waals surface area contributed by atoms with Gasteiger partial charge in [0.05, 0.1) is 17.8 Å². The maximum absolute atomic E-state index is 12.4. The van der Waals surface area contributed by atoms with Crippen LogP contribution in [0.3, 0.4) is 0 Å². The topological polar surface area (TPSA) is 67.2 Å². The van der Waals surface area contributed by atoms with Gasteiger partial charge in [-0.05, 0) is 43.4 Å². The van der Waals surface area contributed by atoms with Crippen LogP contribution in [0.2, 0.25) is 0 Å². The number of hydrogen-bond acceptors (Lipinski definition) is 3. The first-order valence-electron chi connectivity index (χ1n) is 9.37. The third kappa shape index (κ3) is 3.79. The summed E-state index contributed by atoms with van der Waals surface area (Å²) in [6, 6.07) is 10.4. The molecule has 1 aliphatic heterocycles. The van der Waals surface area contributed by atoms with Gasteiger partial charge in [-0.25, -0.2) is 4.68 Å². The van der Waals surface area contributed by atoms with Crippen LogP contribution in [0.25, 0.3) is 5.69 Å². The van der Waals surface area contributed by atoms with Gasteiger partial charge in [-0.2, -0.15) is 5.10 Å². The Morgan fingerprint density at radius 1 is 1.19 bits per heavy atom. The van der Waals surface area contributed by atoms with E-state index in [0.717, 1.165) is 30.5 Å². The zero-order chi connectivity index (χ0) is 17.9. The van der Waals surface area contributed by atoms with Crippen LogP contribution in [0, 0.1) is 5.92 Å². The standard InChI is InChI=1S/C20H24N4O2/c25-19-9-6-16(14-23(19)17-7-8-17)20(26)21-11-10-15-12-22-24(13-15)18-4-2-1-3-5-18/h1-5,12-13,16-17H,6-11,14H2,(H,21,26)/t16-/m1/s1. The van der Waals surface area contributed by atoms with Crippen molar-refractivity contribution in [2.45, 2.75) is 38.1 Å². The average Bonchev–Trinajstić information content (AvgIpc) is 3.40. The number of benzene rings is 1. The molecule has 6 nitrogen and oxygen atoms in total. The highest BCUT2D eigenvalue weighted by molar-refractivity contribution is 5.84. The number of rotatable bonds is 6. The molecular formula is C20H24N4O2. The lowest BCUT2D eigenvalue weighted by molar-refractivity contribution is -0.138. The summed E-state index contributed by atoms with van der Waals surface area (Å²) in [6.07, 6.45) is 7.93.